The zero-order valence-corrected chi connectivity index (χ0v) is 64.5. The minimum absolute atomic E-state index is 0.0214. The fourth-order valence-electron chi connectivity index (χ4n) is 14.1. The Hall–Kier alpha value is -7.26. The molecule has 9 rings (SSSR count). The standard InChI is InChI=1S/C82H107Cl2N3O20/c1-9-70-54(3)53(2)57(6)81(104-70)105-72-46-68-78(66-19-14-12-17-64(66)72)63(49-84)51-87(68)77(93)27-25-61-24-22-60(45-71(61)101-44-43-100-42-41-99-40-39-98-38-37-97-36-35-96-34-33-95-32-31-94-30-28-85-75(91)21-11-10-16-29-88)23-26-76(92)86-50-62(48-83)79-67-20-15-13-18-65(67)73(47-69(79)86)106-82-80(103-59(8)90)56(5)55(4)74(107-82)52-102-58(7)89/h12-15,17-20,22-27,29,45-47,53-57,62-63,70,74,80-82H,9-11,16,21,28,30-44,48-52H2,1-8H3,(H,85,91)/b26-23+,27-25+/t53-,54+,55+,56-,57+,62+,63+,70+,74+,80+,81-,82+/m0/s1. The van der Waals surface area contributed by atoms with Crippen molar-refractivity contribution in [1.82, 2.24) is 5.32 Å². The van der Waals surface area contributed by atoms with Crippen LogP contribution in [0.15, 0.2) is 91.0 Å². The molecule has 0 saturated carbocycles. The fraction of sp³-hybridized carbons (Fsp3) is 0.561. The summed E-state index contributed by atoms with van der Waals surface area (Å²) in [5.41, 5.74) is 4.44. The lowest BCUT2D eigenvalue weighted by Gasteiger charge is -2.43. The van der Waals surface area contributed by atoms with Gasteiger partial charge >= 0.3 is 11.9 Å². The van der Waals surface area contributed by atoms with Crippen LogP contribution in [0.4, 0.5) is 11.4 Å². The largest absolute Gasteiger partial charge is 0.491 e. The second-order valence-electron chi connectivity index (χ2n) is 27.6. The SMILES string of the molecule is CC[C@H]1O[C@@H](Oc2cc3c(c4ccccc24)[C@H](CCl)CN3C(=O)/C=C/c2ccc(/C=C/C(=O)N3C[C@@H](CCl)c4c3cc(O[C@@H]3O[C@H](COC(C)=O)[C@H](C)[C@H](C)[C@H]3OC(C)=O)c3ccccc43)cc2OCCOCCOCCOCCOCCOCCOCCOCCNC(=O)CCCCC=O)[C@H](C)[C@@H](C)[C@H]1C. The quantitative estimate of drug-likeness (QED) is 0.0125. The summed E-state index contributed by atoms with van der Waals surface area (Å²) in [5.74, 6) is 0.441. The van der Waals surface area contributed by atoms with Crippen LogP contribution in [0.2, 0.25) is 0 Å². The van der Waals surface area contributed by atoms with Gasteiger partial charge in [-0.05, 0) is 82.7 Å². The summed E-state index contributed by atoms with van der Waals surface area (Å²) in [6, 6.07) is 25.1. The Bertz CT molecular complexity index is 3780. The van der Waals surface area contributed by atoms with E-state index in [9.17, 15) is 28.8 Å². The number of carbonyl (C=O) groups is 6. The molecule has 0 spiro atoms. The summed E-state index contributed by atoms with van der Waals surface area (Å²) in [5, 5.41) is 6.26. The number of aldehydes is 1. The van der Waals surface area contributed by atoms with E-state index in [1.54, 1.807) is 22.0 Å². The molecule has 1 N–H and O–H groups in total. The van der Waals surface area contributed by atoms with Gasteiger partial charge in [0.05, 0.1) is 116 Å². The molecule has 0 aliphatic carbocycles. The van der Waals surface area contributed by atoms with E-state index in [2.05, 4.69) is 39.1 Å². The average molecular weight is 1530 g/mol. The Morgan fingerprint density at radius 2 is 1.02 bits per heavy atom. The third kappa shape index (κ3) is 23.4. The highest BCUT2D eigenvalue weighted by Gasteiger charge is 2.47. The molecular weight excluding hydrogens is 1420 g/mol. The molecule has 4 aliphatic heterocycles. The van der Waals surface area contributed by atoms with Gasteiger partial charge < -0.3 is 86.2 Å². The van der Waals surface area contributed by atoms with Crippen molar-refractivity contribution in [2.24, 2.45) is 29.6 Å². The van der Waals surface area contributed by atoms with Crippen molar-refractivity contribution in [3.8, 4) is 17.2 Å². The van der Waals surface area contributed by atoms with E-state index in [0.29, 0.717) is 176 Å². The third-order valence-electron chi connectivity index (χ3n) is 20.4. The summed E-state index contributed by atoms with van der Waals surface area (Å²) in [6.07, 6.45) is 7.58. The molecule has 5 aromatic carbocycles. The number of rotatable bonds is 44. The van der Waals surface area contributed by atoms with Gasteiger partial charge in [0.15, 0.2) is 6.10 Å². The maximum Gasteiger partial charge on any atom is 0.303 e. The highest BCUT2D eigenvalue weighted by molar-refractivity contribution is 6.20. The molecule has 5 aromatic rings. The highest BCUT2D eigenvalue weighted by Crippen LogP contribution is 2.49. The Balaban J connectivity index is 0.819. The van der Waals surface area contributed by atoms with Gasteiger partial charge in [0.1, 0.15) is 36.7 Å². The molecule has 4 aliphatic rings. The summed E-state index contributed by atoms with van der Waals surface area (Å²) >= 11 is 13.5. The second kappa shape index (κ2) is 43.2. The number of hydrogen-bond acceptors (Lipinski definition) is 20. The van der Waals surface area contributed by atoms with Crippen molar-refractivity contribution in [2.45, 2.75) is 130 Å². The van der Waals surface area contributed by atoms with Crippen molar-refractivity contribution in [3.05, 3.63) is 113 Å². The second-order valence-corrected chi connectivity index (χ2v) is 28.2. The molecule has 0 radical (unpaired) electrons. The van der Waals surface area contributed by atoms with E-state index >= 15 is 0 Å². The molecule has 0 bridgehead atoms. The number of halogens is 2. The van der Waals surface area contributed by atoms with Crippen LogP contribution >= 0.6 is 23.2 Å². The zero-order chi connectivity index (χ0) is 76.2. The molecule has 2 fully saturated rings. The van der Waals surface area contributed by atoms with E-state index in [1.807, 2.05) is 86.6 Å². The number of esters is 2. The van der Waals surface area contributed by atoms with Gasteiger partial charge in [-0.3, -0.25) is 24.0 Å². The summed E-state index contributed by atoms with van der Waals surface area (Å²) in [7, 11) is 0. The Kier molecular flexibility index (Phi) is 33.8. The molecule has 0 aromatic heterocycles. The number of nitrogens with zero attached hydrogens (tertiary/aromatic N) is 2. The van der Waals surface area contributed by atoms with Gasteiger partial charge in [-0.15, -0.1) is 23.2 Å². The molecule has 107 heavy (non-hydrogen) atoms. The molecule has 584 valence electrons. The van der Waals surface area contributed by atoms with Crippen molar-refractivity contribution in [3.63, 3.8) is 0 Å². The Morgan fingerprint density at radius 1 is 0.533 bits per heavy atom. The topological polar surface area (TPSA) is 250 Å². The fourth-order valence-corrected chi connectivity index (χ4v) is 14.6. The average Bonchev–Trinajstić information content (AvgIpc) is 1.61. The number of nitrogens with one attached hydrogen (secondary N) is 1. The predicted octanol–water partition coefficient (Wildman–Crippen LogP) is 12.4. The van der Waals surface area contributed by atoms with E-state index in [1.165, 1.54) is 26.0 Å². The van der Waals surface area contributed by atoms with E-state index in [4.69, 9.17) is 89.5 Å². The first kappa shape index (κ1) is 83.8. The summed E-state index contributed by atoms with van der Waals surface area (Å²) in [6.45, 7) is 21.8. The first-order chi connectivity index (χ1) is 51.9. The third-order valence-corrected chi connectivity index (χ3v) is 21.2. The van der Waals surface area contributed by atoms with Crippen LogP contribution in [-0.4, -0.2) is 204 Å². The van der Waals surface area contributed by atoms with Crippen molar-refractivity contribution in [1.29, 1.82) is 0 Å². The number of alkyl halides is 2. The molecule has 2 saturated heterocycles. The van der Waals surface area contributed by atoms with Gasteiger partial charge in [-0.1, -0.05) is 102 Å². The minimum Gasteiger partial charge on any atom is -0.491 e. The number of benzene rings is 5. The number of carbonyl (C=O) groups excluding carboxylic acids is 6. The number of ether oxygens (including phenoxy) is 14. The summed E-state index contributed by atoms with van der Waals surface area (Å²) < 4.78 is 84.0. The van der Waals surface area contributed by atoms with Crippen LogP contribution in [0.3, 0.4) is 0 Å². The Morgan fingerprint density at radius 3 is 1.52 bits per heavy atom. The number of fused-ring (bicyclic) bond motifs is 6. The lowest BCUT2D eigenvalue weighted by molar-refractivity contribution is -0.253. The minimum atomic E-state index is -1.10. The van der Waals surface area contributed by atoms with Crippen molar-refractivity contribution in [2.75, 3.05) is 147 Å². The van der Waals surface area contributed by atoms with Crippen molar-refractivity contribution >= 4 is 104 Å². The summed E-state index contributed by atoms with van der Waals surface area (Å²) in [4.78, 5) is 79.6. The van der Waals surface area contributed by atoms with Gasteiger partial charge in [-0.25, -0.2) is 0 Å². The van der Waals surface area contributed by atoms with Gasteiger partial charge in [0.25, 0.3) is 11.8 Å². The first-order valence-electron chi connectivity index (χ1n) is 37.6. The van der Waals surface area contributed by atoms with Crippen LogP contribution in [0.5, 0.6) is 17.2 Å². The lowest BCUT2D eigenvalue weighted by Crippen LogP contribution is -2.54. The van der Waals surface area contributed by atoms with Gasteiger partial charge in [0, 0.05) is 122 Å². The first-order valence-corrected chi connectivity index (χ1v) is 38.7. The van der Waals surface area contributed by atoms with Gasteiger partial charge in [-0.2, -0.15) is 0 Å². The van der Waals surface area contributed by atoms with Gasteiger partial charge in [0.2, 0.25) is 18.5 Å². The maximum atomic E-state index is 14.8. The lowest BCUT2D eigenvalue weighted by atomic mass is 9.78. The number of unbranched alkanes of at least 4 members (excludes halogenated alkanes) is 2. The maximum absolute atomic E-state index is 14.8. The van der Waals surface area contributed by atoms with Crippen LogP contribution < -0.4 is 29.3 Å². The van der Waals surface area contributed by atoms with Crippen molar-refractivity contribution < 1.29 is 95.1 Å². The molecule has 3 amide bonds. The van der Waals surface area contributed by atoms with E-state index in [0.717, 1.165) is 51.1 Å². The molecular formula is C82H107Cl2N3O20. The number of amides is 3. The smallest absolute Gasteiger partial charge is 0.303 e. The molecule has 25 heteroatoms. The molecule has 12 atom stereocenters. The number of hydrogen-bond donors (Lipinski definition) is 1. The predicted molar refractivity (Wildman–Crippen MR) is 410 cm³/mol. The van der Waals surface area contributed by atoms with E-state index in [-0.39, 0.29) is 85.7 Å². The zero-order valence-electron chi connectivity index (χ0n) is 63.0. The van der Waals surface area contributed by atoms with Crippen LogP contribution in [0.25, 0.3) is 33.7 Å². The molecule has 0 unspecified atom stereocenters. The van der Waals surface area contributed by atoms with Crippen LogP contribution in [-0.2, 0) is 80.9 Å². The highest BCUT2D eigenvalue weighted by atomic mass is 35.5. The van der Waals surface area contributed by atoms with Crippen LogP contribution in [0, 0.1) is 29.6 Å². The monoisotopic (exact) mass is 1520 g/mol. The molecule has 4 heterocycles. The van der Waals surface area contributed by atoms with E-state index < -0.39 is 36.7 Å². The van der Waals surface area contributed by atoms with Crippen LogP contribution in [0.1, 0.15) is 122 Å². The number of anilines is 2. The normalized spacial score (nSPS) is 22.7. The molecule has 23 nitrogen and oxygen atoms in total. The Labute approximate surface area is 638 Å².